The molecule has 2 aromatic heterocycles. The first kappa shape index (κ1) is 17.7. The van der Waals surface area contributed by atoms with Gasteiger partial charge in [-0.2, -0.15) is 0 Å². The van der Waals surface area contributed by atoms with Crippen molar-refractivity contribution < 1.29 is 9.53 Å². The number of ether oxygens (including phenoxy) is 1. The fourth-order valence-electron chi connectivity index (χ4n) is 3.93. The van der Waals surface area contributed by atoms with Gasteiger partial charge < -0.3 is 10.1 Å². The number of aromatic nitrogens is 3. The standard InChI is InChI=1S/C22H17ClN4O2/c1-2-29-22(28)16-14-10-6-7-11-15(14)27-19(16)17(13-8-4-3-5-9-13)26-18-20(23)24-12-25-21(18)27/h3-12,17,26H,2H2,1H3. The average Bonchev–Trinajstić information content (AvgIpc) is 3.10. The van der Waals surface area contributed by atoms with Gasteiger partial charge in [-0.05, 0) is 18.6 Å². The molecule has 7 heteroatoms. The van der Waals surface area contributed by atoms with Gasteiger partial charge in [-0.25, -0.2) is 14.8 Å². The summed E-state index contributed by atoms with van der Waals surface area (Å²) in [6, 6.07) is 17.3. The summed E-state index contributed by atoms with van der Waals surface area (Å²) in [4.78, 5) is 21.6. The summed E-state index contributed by atoms with van der Waals surface area (Å²) in [6.45, 7) is 2.10. The van der Waals surface area contributed by atoms with Crippen LogP contribution in [0.1, 0.15) is 34.6 Å². The number of carbonyl (C=O) groups is 1. The Labute approximate surface area is 172 Å². The smallest absolute Gasteiger partial charge is 0.340 e. The van der Waals surface area contributed by atoms with E-state index in [-0.39, 0.29) is 12.0 Å². The molecular formula is C22H17ClN4O2. The number of hydrogen-bond acceptors (Lipinski definition) is 5. The molecule has 0 radical (unpaired) electrons. The maximum absolute atomic E-state index is 13.0. The van der Waals surface area contributed by atoms with Crippen LogP contribution in [-0.4, -0.2) is 27.1 Å². The Bertz CT molecular complexity index is 1240. The van der Waals surface area contributed by atoms with Gasteiger partial charge in [0.05, 0.1) is 29.4 Å². The van der Waals surface area contributed by atoms with Crippen molar-refractivity contribution in [3.63, 3.8) is 0 Å². The zero-order chi connectivity index (χ0) is 20.0. The minimum atomic E-state index is -0.358. The summed E-state index contributed by atoms with van der Waals surface area (Å²) in [5.41, 5.74) is 3.80. The summed E-state index contributed by atoms with van der Waals surface area (Å²) in [5, 5.41) is 4.59. The summed E-state index contributed by atoms with van der Waals surface area (Å²) < 4.78 is 7.40. The number of para-hydroxylation sites is 1. The number of halogens is 1. The first-order valence-electron chi connectivity index (χ1n) is 9.33. The number of rotatable bonds is 3. The lowest BCUT2D eigenvalue weighted by Gasteiger charge is -2.30. The third kappa shape index (κ3) is 2.68. The molecule has 29 heavy (non-hydrogen) atoms. The Morgan fingerprint density at radius 2 is 1.90 bits per heavy atom. The van der Waals surface area contributed by atoms with Crippen molar-refractivity contribution in [3.8, 4) is 5.82 Å². The van der Waals surface area contributed by atoms with Gasteiger partial charge in [-0.15, -0.1) is 0 Å². The van der Waals surface area contributed by atoms with Crippen LogP contribution in [0.3, 0.4) is 0 Å². The predicted molar refractivity (Wildman–Crippen MR) is 112 cm³/mol. The summed E-state index contributed by atoms with van der Waals surface area (Å²) in [7, 11) is 0. The van der Waals surface area contributed by atoms with Crippen LogP contribution in [0.2, 0.25) is 5.15 Å². The predicted octanol–water partition coefficient (Wildman–Crippen LogP) is 4.77. The fourth-order valence-corrected chi connectivity index (χ4v) is 4.11. The zero-order valence-electron chi connectivity index (χ0n) is 15.6. The molecule has 5 rings (SSSR count). The van der Waals surface area contributed by atoms with Crippen LogP contribution in [0.4, 0.5) is 5.69 Å². The van der Waals surface area contributed by atoms with Gasteiger partial charge in [0.2, 0.25) is 0 Å². The SMILES string of the molecule is CCOC(=O)c1c2n(c3ccccc13)-c1ncnc(Cl)c1NC2c1ccccc1. The molecule has 1 aliphatic heterocycles. The Morgan fingerprint density at radius 3 is 2.69 bits per heavy atom. The molecule has 1 aliphatic rings. The van der Waals surface area contributed by atoms with Crippen LogP contribution in [0.5, 0.6) is 0 Å². The Hall–Kier alpha value is -3.38. The molecular weight excluding hydrogens is 388 g/mol. The van der Waals surface area contributed by atoms with Gasteiger partial charge in [-0.3, -0.25) is 4.57 Å². The van der Waals surface area contributed by atoms with Crippen molar-refractivity contribution in [2.75, 3.05) is 11.9 Å². The number of nitrogens with zero attached hydrogens (tertiary/aromatic N) is 3. The second kappa shape index (κ2) is 6.90. The fraction of sp³-hybridized carbons (Fsp3) is 0.136. The molecule has 0 fully saturated rings. The Morgan fingerprint density at radius 1 is 1.14 bits per heavy atom. The Kier molecular flexibility index (Phi) is 4.21. The van der Waals surface area contributed by atoms with E-state index in [0.29, 0.717) is 28.8 Å². The third-order valence-electron chi connectivity index (χ3n) is 5.08. The topological polar surface area (TPSA) is 69.0 Å². The van der Waals surface area contributed by atoms with E-state index in [0.717, 1.165) is 22.2 Å². The van der Waals surface area contributed by atoms with Gasteiger partial charge in [-0.1, -0.05) is 60.1 Å². The highest BCUT2D eigenvalue weighted by Gasteiger charge is 2.36. The number of carbonyl (C=O) groups excluding carboxylic acids is 1. The number of nitrogens with one attached hydrogen (secondary N) is 1. The van der Waals surface area contributed by atoms with Crippen molar-refractivity contribution in [2.45, 2.75) is 13.0 Å². The second-order valence-corrected chi connectivity index (χ2v) is 7.04. The highest BCUT2D eigenvalue weighted by atomic mass is 35.5. The number of hydrogen-bond donors (Lipinski definition) is 1. The molecule has 0 bridgehead atoms. The molecule has 0 saturated heterocycles. The van der Waals surface area contributed by atoms with Crippen LogP contribution in [0.15, 0.2) is 60.9 Å². The minimum Gasteiger partial charge on any atom is -0.462 e. The maximum Gasteiger partial charge on any atom is 0.340 e. The Balaban J connectivity index is 1.91. The van der Waals surface area contributed by atoms with E-state index in [4.69, 9.17) is 16.3 Å². The van der Waals surface area contributed by atoms with Gasteiger partial charge in [0, 0.05) is 5.39 Å². The molecule has 0 saturated carbocycles. The largest absolute Gasteiger partial charge is 0.462 e. The molecule has 0 aliphatic carbocycles. The van der Waals surface area contributed by atoms with E-state index >= 15 is 0 Å². The molecule has 0 amide bonds. The lowest BCUT2D eigenvalue weighted by Crippen LogP contribution is -2.26. The minimum absolute atomic E-state index is 0.297. The van der Waals surface area contributed by atoms with E-state index in [2.05, 4.69) is 15.3 Å². The van der Waals surface area contributed by atoms with Crippen molar-refractivity contribution in [2.24, 2.45) is 0 Å². The van der Waals surface area contributed by atoms with E-state index in [9.17, 15) is 4.79 Å². The molecule has 1 unspecified atom stereocenters. The van der Waals surface area contributed by atoms with Gasteiger partial charge in [0.15, 0.2) is 11.0 Å². The lowest BCUT2D eigenvalue weighted by atomic mass is 9.98. The normalized spacial score (nSPS) is 14.8. The highest BCUT2D eigenvalue weighted by molar-refractivity contribution is 6.32. The number of fused-ring (bicyclic) bond motifs is 5. The van der Waals surface area contributed by atoms with Crippen molar-refractivity contribution in [3.05, 3.63) is 82.9 Å². The van der Waals surface area contributed by atoms with Crippen LogP contribution in [0, 0.1) is 0 Å². The molecule has 0 spiro atoms. The van der Waals surface area contributed by atoms with Gasteiger partial charge in [0.1, 0.15) is 12.0 Å². The van der Waals surface area contributed by atoms with Crippen molar-refractivity contribution in [1.82, 2.24) is 14.5 Å². The quantitative estimate of drug-likeness (QED) is 0.393. The summed E-state index contributed by atoms with van der Waals surface area (Å²) in [6.07, 6.45) is 1.42. The second-order valence-electron chi connectivity index (χ2n) is 6.68. The molecule has 1 atom stereocenters. The van der Waals surface area contributed by atoms with E-state index in [1.165, 1.54) is 6.33 Å². The van der Waals surface area contributed by atoms with Crippen LogP contribution >= 0.6 is 11.6 Å². The maximum atomic E-state index is 13.0. The van der Waals surface area contributed by atoms with Crippen molar-refractivity contribution >= 4 is 34.2 Å². The van der Waals surface area contributed by atoms with Gasteiger partial charge >= 0.3 is 5.97 Å². The molecule has 144 valence electrons. The number of benzene rings is 2. The van der Waals surface area contributed by atoms with Crippen molar-refractivity contribution in [1.29, 1.82) is 0 Å². The van der Waals surface area contributed by atoms with E-state index in [1.807, 2.05) is 59.2 Å². The third-order valence-corrected chi connectivity index (χ3v) is 5.37. The average molecular weight is 405 g/mol. The number of anilines is 1. The molecule has 4 aromatic rings. The summed E-state index contributed by atoms with van der Waals surface area (Å²) >= 11 is 6.41. The molecule has 2 aromatic carbocycles. The monoisotopic (exact) mass is 404 g/mol. The van der Waals surface area contributed by atoms with E-state index in [1.54, 1.807) is 6.92 Å². The highest BCUT2D eigenvalue weighted by Crippen LogP contribution is 2.44. The molecule has 6 nitrogen and oxygen atoms in total. The van der Waals surface area contributed by atoms with Gasteiger partial charge in [0.25, 0.3) is 0 Å². The lowest BCUT2D eigenvalue weighted by molar-refractivity contribution is 0.0527. The summed E-state index contributed by atoms with van der Waals surface area (Å²) in [5.74, 6) is 0.253. The molecule has 1 N–H and O–H groups in total. The first-order valence-corrected chi connectivity index (χ1v) is 9.71. The van der Waals surface area contributed by atoms with Crippen LogP contribution in [-0.2, 0) is 4.74 Å². The first-order chi connectivity index (χ1) is 14.2. The molecule has 3 heterocycles. The van der Waals surface area contributed by atoms with Crippen LogP contribution < -0.4 is 5.32 Å². The van der Waals surface area contributed by atoms with Crippen LogP contribution in [0.25, 0.3) is 16.7 Å². The zero-order valence-corrected chi connectivity index (χ0v) is 16.3. The van der Waals surface area contributed by atoms with E-state index < -0.39 is 0 Å². The number of esters is 1.